The number of aromatic nitrogens is 4. The summed E-state index contributed by atoms with van der Waals surface area (Å²) in [5.41, 5.74) is 2.74. The first-order valence-corrected chi connectivity index (χ1v) is 11.9. The monoisotopic (exact) mass is 484 g/mol. The van der Waals surface area contributed by atoms with E-state index in [9.17, 15) is 14.3 Å². The second-order valence-electron chi connectivity index (χ2n) is 8.00. The minimum Gasteiger partial charge on any atom is -0.504 e. The topological polar surface area (TPSA) is 80.9 Å². The van der Waals surface area contributed by atoms with Crippen LogP contribution in [-0.2, 0) is 13.0 Å². The van der Waals surface area contributed by atoms with Gasteiger partial charge >= 0.3 is 0 Å². The zero-order valence-electron chi connectivity index (χ0n) is 18.9. The second-order valence-corrected chi connectivity index (χ2v) is 8.91. The molecule has 3 heterocycles. The highest BCUT2D eigenvalue weighted by Gasteiger charge is 2.21. The molecule has 0 atom stereocenters. The average Bonchev–Trinajstić information content (AvgIpc) is 3.36. The van der Waals surface area contributed by atoms with Gasteiger partial charge in [0.25, 0.3) is 5.56 Å². The Balaban J connectivity index is 1.65. The van der Waals surface area contributed by atoms with Crippen LogP contribution in [0.1, 0.15) is 11.3 Å². The van der Waals surface area contributed by atoms with Gasteiger partial charge in [0.2, 0.25) is 0 Å². The Morgan fingerprint density at radius 1 is 1.03 bits per heavy atom. The Kier molecular flexibility index (Phi) is 6.20. The number of para-hydroxylation sites is 1. The first kappa shape index (κ1) is 22.6. The summed E-state index contributed by atoms with van der Waals surface area (Å²) in [6.07, 6.45) is 3.91. The Morgan fingerprint density at radius 2 is 1.80 bits per heavy atom. The van der Waals surface area contributed by atoms with Crippen LogP contribution in [0.5, 0.6) is 5.75 Å². The van der Waals surface area contributed by atoms with Crippen molar-refractivity contribution in [2.45, 2.75) is 19.9 Å². The van der Waals surface area contributed by atoms with Gasteiger partial charge in [-0.1, -0.05) is 36.4 Å². The number of aryl methyl sites for hydroxylation is 2. The van der Waals surface area contributed by atoms with Crippen molar-refractivity contribution in [2.24, 2.45) is 0 Å². The number of benzene rings is 2. The normalized spacial score (nSPS) is 11.0. The van der Waals surface area contributed by atoms with Crippen LogP contribution in [0.3, 0.4) is 0 Å². The van der Waals surface area contributed by atoms with Crippen molar-refractivity contribution in [3.63, 3.8) is 0 Å². The predicted molar refractivity (Wildman–Crippen MR) is 135 cm³/mol. The molecule has 3 aromatic heterocycles. The molecule has 0 amide bonds. The molecule has 0 aliphatic heterocycles. The second kappa shape index (κ2) is 9.60. The van der Waals surface area contributed by atoms with Crippen LogP contribution in [0.15, 0.2) is 83.2 Å². The van der Waals surface area contributed by atoms with Crippen LogP contribution < -0.4 is 5.56 Å². The van der Waals surface area contributed by atoms with Crippen molar-refractivity contribution >= 4 is 11.3 Å². The maximum Gasteiger partial charge on any atom is 0.262 e. The van der Waals surface area contributed by atoms with E-state index in [-0.39, 0.29) is 16.9 Å². The number of hydrogen-bond acceptors (Lipinski definition) is 6. The third-order valence-electron chi connectivity index (χ3n) is 5.71. The summed E-state index contributed by atoms with van der Waals surface area (Å²) >= 11 is 1.41. The van der Waals surface area contributed by atoms with Gasteiger partial charge in [-0.25, -0.2) is 19.3 Å². The summed E-state index contributed by atoms with van der Waals surface area (Å²) in [6.45, 7) is 2.06. The lowest BCUT2D eigenvalue weighted by Gasteiger charge is -2.16. The number of rotatable bonds is 6. The molecule has 0 unspecified atom stereocenters. The Hall–Kier alpha value is -4.17. The molecule has 0 fully saturated rings. The molecule has 2 aromatic carbocycles. The molecule has 0 spiro atoms. The fourth-order valence-corrected chi connectivity index (χ4v) is 4.95. The van der Waals surface area contributed by atoms with Crippen LogP contribution in [-0.4, -0.2) is 24.6 Å². The molecule has 5 rings (SSSR count). The lowest BCUT2D eigenvalue weighted by molar-refractivity contribution is 0.433. The molecule has 174 valence electrons. The maximum absolute atomic E-state index is 14.2. The Morgan fingerprint density at radius 3 is 2.57 bits per heavy atom. The zero-order valence-corrected chi connectivity index (χ0v) is 19.7. The summed E-state index contributed by atoms with van der Waals surface area (Å²) in [6, 6.07) is 17.6. The molecule has 0 bridgehead atoms. The van der Waals surface area contributed by atoms with Crippen molar-refractivity contribution in [1.82, 2.24) is 19.5 Å². The van der Waals surface area contributed by atoms with Crippen molar-refractivity contribution < 1.29 is 9.50 Å². The van der Waals surface area contributed by atoms with Gasteiger partial charge in [0, 0.05) is 34.8 Å². The lowest BCUT2D eigenvalue weighted by atomic mass is 10.1. The van der Waals surface area contributed by atoms with Crippen LogP contribution in [0, 0.1) is 12.7 Å². The highest BCUT2D eigenvalue weighted by molar-refractivity contribution is 7.14. The minimum atomic E-state index is -0.765. The summed E-state index contributed by atoms with van der Waals surface area (Å²) in [7, 11) is 0. The van der Waals surface area contributed by atoms with Gasteiger partial charge in [-0.3, -0.25) is 9.36 Å². The molecule has 35 heavy (non-hydrogen) atoms. The molecule has 0 saturated carbocycles. The molecular weight excluding hydrogens is 463 g/mol. The van der Waals surface area contributed by atoms with E-state index in [0.29, 0.717) is 30.0 Å². The lowest BCUT2D eigenvalue weighted by Crippen LogP contribution is -2.27. The largest absolute Gasteiger partial charge is 0.504 e. The van der Waals surface area contributed by atoms with E-state index >= 15 is 0 Å². The number of phenols is 1. The summed E-state index contributed by atoms with van der Waals surface area (Å²) in [5.74, 6) is -0.489. The standard InChI is InChI=1S/C27H21FN4O2S/c1-17-23(22-15-19(16-35-22)25-29-12-6-13-30-25)27(34)32(14-11-18-7-3-2-4-8-18)26(31-17)20-9-5-10-21(28)24(20)33/h2-10,12-13,15-16,33H,11,14H2,1H3. The van der Waals surface area contributed by atoms with Crippen LogP contribution in [0.4, 0.5) is 4.39 Å². The van der Waals surface area contributed by atoms with E-state index in [1.54, 1.807) is 31.5 Å². The van der Waals surface area contributed by atoms with Crippen LogP contribution in [0.25, 0.3) is 33.2 Å². The smallest absolute Gasteiger partial charge is 0.262 e. The molecule has 8 heteroatoms. The Labute approximate surface area is 205 Å². The number of hydrogen-bond donors (Lipinski definition) is 1. The number of aromatic hydroxyl groups is 1. The maximum atomic E-state index is 14.2. The molecule has 0 saturated heterocycles. The molecule has 0 aliphatic rings. The highest BCUT2D eigenvalue weighted by atomic mass is 32.1. The third kappa shape index (κ3) is 4.48. The van der Waals surface area contributed by atoms with Crippen molar-refractivity contribution in [2.75, 3.05) is 0 Å². The van der Waals surface area contributed by atoms with E-state index in [0.717, 1.165) is 16.0 Å². The van der Waals surface area contributed by atoms with Gasteiger partial charge in [-0.05, 0) is 43.2 Å². The molecular formula is C27H21FN4O2S. The van der Waals surface area contributed by atoms with Gasteiger partial charge in [0.05, 0.1) is 16.8 Å². The van der Waals surface area contributed by atoms with E-state index in [1.807, 2.05) is 41.8 Å². The number of phenolic OH excluding ortho intramolecular Hbond substituents is 1. The Bertz CT molecular complexity index is 1550. The number of nitrogens with zero attached hydrogens (tertiary/aromatic N) is 4. The fourth-order valence-electron chi connectivity index (χ4n) is 3.97. The van der Waals surface area contributed by atoms with Crippen LogP contribution in [0.2, 0.25) is 0 Å². The molecule has 1 N–H and O–H groups in total. The molecule has 6 nitrogen and oxygen atoms in total. The van der Waals surface area contributed by atoms with Gasteiger partial charge in [-0.2, -0.15) is 0 Å². The zero-order chi connectivity index (χ0) is 24.4. The number of thiophene rings is 1. The van der Waals surface area contributed by atoms with Crippen molar-refractivity contribution in [3.05, 3.63) is 106 Å². The van der Waals surface area contributed by atoms with Gasteiger partial charge in [0.1, 0.15) is 5.82 Å². The van der Waals surface area contributed by atoms with E-state index < -0.39 is 11.6 Å². The van der Waals surface area contributed by atoms with Gasteiger partial charge < -0.3 is 5.11 Å². The first-order chi connectivity index (χ1) is 17.0. The SMILES string of the molecule is Cc1nc(-c2cccc(F)c2O)n(CCc2ccccc2)c(=O)c1-c1cc(-c2ncccn2)cs1. The van der Waals surface area contributed by atoms with E-state index in [1.165, 1.54) is 28.0 Å². The average molecular weight is 485 g/mol. The van der Waals surface area contributed by atoms with Crippen LogP contribution >= 0.6 is 11.3 Å². The van der Waals surface area contributed by atoms with Crippen molar-refractivity contribution in [1.29, 1.82) is 0 Å². The summed E-state index contributed by atoms with van der Waals surface area (Å²) in [4.78, 5) is 27.9. The van der Waals surface area contributed by atoms with E-state index in [2.05, 4.69) is 15.0 Å². The first-order valence-electron chi connectivity index (χ1n) is 11.0. The predicted octanol–water partition coefficient (Wildman–Crippen LogP) is 5.49. The number of halogens is 1. The van der Waals surface area contributed by atoms with E-state index in [4.69, 9.17) is 0 Å². The fraction of sp³-hybridized carbons (Fsp3) is 0.111. The van der Waals surface area contributed by atoms with Gasteiger partial charge in [-0.15, -0.1) is 11.3 Å². The summed E-state index contributed by atoms with van der Waals surface area (Å²) in [5, 5.41) is 12.3. The molecule has 0 aliphatic carbocycles. The van der Waals surface area contributed by atoms with Gasteiger partial charge in [0.15, 0.2) is 17.4 Å². The molecule has 0 radical (unpaired) electrons. The quantitative estimate of drug-likeness (QED) is 0.345. The summed E-state index contributed by atoms with van der Waals surface area (Å²) < 4.78 is 15.7. The minimum absolute atomic E-state index is 0.175. The third-order valence-corrected chi connectivity index (χ3v) is 6.66. The van der Waals surface area contributed by atoms with Crippen molar-refractivity contribution in [3.8, 4) is 39.0 Å². The highest BCUT2D eigenvalue weighted by Crippen LogP contribution is 2.34. The molecule has 5 aromatic rings.